The van der Waals surface area contributed by atoms with E-state index in [0.29, 0.717) is 22.1 Å². The summed E-state index contributed by atoms with van der Waals surface area (Å²) in [6.45, 7) is 16.7. The Bertz CT molecular complexity index is 1000. The molecule has 0 aliphatic heterocycles. The first-order valence-corrected chi connectivity index (χ1v) is 14.1. The van der Waals surface area contributed by atoms with Gasteiger partial charge in [0.1, 0.15) is 5.82 Å². The minimum Gasteiger partial charge on any atom is -0.598 e. The number of rotatable bonds is 6. The summed E-state index contributed by atoms with van der Waals surface area (Å²) < 4.78 is 13.5. The van der Waals surface area contributed by atoms with Crippen molar-refractivity contribution >= 4 is 34.2 Å². The third-order valence-corrected chi connectivity index (χ3v) is 7.00. The van der Waals surface area contributed by atoms with Crippen molar-refractivity contribution in [2.24, 2.45) is 0 Å². The first-order chi connectivity index (χ1) is 17.7. The molecular formula is C31H44ClFKN2OS-. The topological polar surface area (TPSA) is 47.3 Å². The van der Waals surface area contributed by atoms with Crippen molar-refractivity contribution in [3.63, 3.8) is 0 Å². The van der Waals surface area contributed by atoms with Crippen LogP contribution in [0.4, 0.5) is 10.1 Å². The Kier molecular flexibility index (Phi) is 23.7. The van der Waals surface area contributed by atoms with Gasteiger partial charge >= 0.3 is 51.4 Å². The maximum Gasteiger partial charge on any atom is 1.00 e. The van der Waals surface area contributed by atoms with Crippen molar-refractivity contribution in [3.8, 4) is 0 Å². The van der Waals surface area contributed by atoms with Crippen LogP contribution >= 0.6 is 22.9 Å². The van der Waals surface area contributed by atoms with Crippen LogP contribution in [0.2, 0.25) is 0 Å². The minimum atomic E-state index is -0.271. The molecule has 1 heterocycles. The number of hydrogen-bond donors (Lipinski definition) is 1. The number of halogens is 2. The van der Waals surface area contributed by atoms with Crippen LogP contribution in [0.3, 0.4) is 0 Å². The Morgan fingerprint density at radius 1 is 1.13 bits per heavy atom. The van der Waals surface area contributed by atoms with Gasteiger partial charge in [0.25, 0.3) is 0 Å². The van der Waals surface area contributed by atoms with E-state index in [1.54, 1.807) is 36.5 Å². The van der Waals surface area contributed by atoms with Crippen molar-refractivity contribution in [1.29, 1.82) is 0 Å². The zero-order chi connectivity index (χ0) is 28.4. The minimum absolute atomic E-state index is 0. The summed E-state index contributed by atoms with van der Waals surface area (Å²) in [4.78, 5) is 2.76. The number of aliphatic hydroxyl groups excluding tert-OH is 1. The zero-order valence-electron chi connectivity index (χ0n) is 24.1. The second-order valence-electron chi connectivity index (χ2n) is 8.55. The molecule has 2 N–H and O–H groups in total. The Morgan fingerprint density at radius 2 is 1.63 bits per heavy atom. The first-order valence-electron chi connectivity index (χ1n) is 12.8. The molecule has 0 atom stereocenters. The number of allylic oxidation sites excluding steroid dienone is 4. The van der Waals surface area contributed by atoms with Crippen LogP contribution in [0.25, 0.3) is 11.3 Å². The van der Waals surface area contributed by atoms with Gasteiger partial charge in [0.15, 0.2) is 0 Å². The molecule has 0 bridgehead atoms. The van der Waals surface area contributed by atoms with Crippen molar-refractivity contribution in [1.82, 2.24) is 0 Å². The maximum atomic E-state index is 13.5. The monoisotopic (exact) mass is 585 g/mol. The number of aryl methyl sites for hydroxylation is 1. The number of benzene rings is 1. The molecule has 3 rings (SSSR count). The third kappa shape index (κ3) is 14.5. The van der Waals surface area contributed by atoms with E-state index >= 15 is 0 Å². The van der Waals surface area contributed by atoms with Gasteiger partial charge in [-0.15, -0.1) is 11.3 Å². The molecule has 1 aliphatic carbocycles. The number of hydrogen-bond acceptors (Lipinski definition) is 3. The quantitative estimate of drug-likeness (QED) is 0.159. The fourth-order valence-corrected chi connectivity index (χ4v) is 4.63. The van der Waals surface area contributed by atoms with Crippen LogP contribution in [0.5, 0.6) is 0 Å². The van der Waals surface area contributed by atoms with Gasteiger partial charge in [0.05, 0.1) is 6.26 Å². The predicted molar refractivity (Wildman–Crippen MR) is 165 cm³/mol. The number of aliphatic hydroxyl groups is 1. The second-order valence-corrected chi connectivity index (χ2v) is 9.90. The fraction of sp³-hybridized carbons (Fsp3) is 0.387. The second kappa shape index (κ2) is 22.9. The number of nitrogens with zero attached hydrogens (tertiary/aromatic N) is 1. The molecule has 38 heavy (non-hydrogen) atoms. The van der Waals surface area contributed by atoms with Crippen LogP contribution in [-0.2, 0) is 0 Å². The normalized spacial score (nSPS) is 13.1. The number of anilines is 1. The molecule has 1 fully saturated rings. The molecule has 2 aromatic rings. The molecule has 7 heteroatoms. The van der Waals surface area contributed by atoms with Gasteiger partial charge in [-0.3, -0.25) is 0 Å². The molecule has 0 unspecified atom stereocenters. The molecule has 206 valence electrons. The Balaban J connectivity index is 0. The number of thiophene rings is 1. The maximum absolute atomic E-state index is 13.5. The van der Waals surface area contributed by atoms with Gasteiger partial charge in [0, 0.05) is 9.91 Å². The Labute approximate surface area is 282 Å². The summed E-state index contributed by atoms with van der Waals surface area (Å²) in [5.74, 6) is 0.312. The van der Waals surface area contributed by atoms with Gasteiger partial charge < -0.3 is 22.8 Å². The van der Waals surface area contributed by atoms with E-state index in [0.717, 1.165) is 17.5 Å². The van der Waals surface area contributed by atoms with Crippen molar-refractivity contribution in [2.45, 2.75) is 79.1 Å². The smallest absolute Gasteiger partial charge is 0.598 e. The summed E-state index contributed by atoms with van der Waals surface area (Å²) in [7, 11) is 3.95. The first kappa shape index (κ1) is 39.3. The van der Waals surface area contributed by atoms with Gasteiger partial charge in [-0.25, -0.2) is 4.39 Å². The molecule has 0 amide bonds. The van der Waals surface area contributed by atoms with Crippen LogP contribution in [0, 0.1) is 19.8 Å². The molecule has 1 aromatic carbocycles. The van der Waals surface area contributed by atoms with Crippen LogP contribution in [0.1, 0.15) is 88.1 Å². The van der Waals surface area contributed by atoms with Crippen LogP contribution < -0.4 is 56.3 Å². The summed E-state index contributed by atoms with van der Waals surface area (Å²) in [5, 5.41) is 9.66. The molecule has 1 aliphatic rings. The Morgan fingerprint density at radius 3 is 2.03 bits per heavy atom. The van der Waals surface area contributed by atoms with Crippen molar-refractivity contribution in [2.75, 3.05) is 4.90 Å². The molecule has 1 saturated carbocycles. The van der Waals surface area contributed by atoms with Gasteiger partial charge in [-0.1, -0.05) is 115 Å². The van der Waals surface area contributed by atoms with Gasteiger partial charge in [0.2, 0.25) is 0 Å². The van der Waals surface area contributed by atoms with E-state index in [1.807, 2.05) is 25.3 Å². The fourth-order valence-electron chi connectivity index (χ4n) is 3.43. The summed E-state index contributed by atoms with van der Waals surface area (Å²) in [5.41, 5.74) is 11.1. The van der Waals surface area contributed by atoms with E-state index in [1.165, 1.54) is 60.4 Å². The Hall–Kier alpha value is -0.864. The standard InChI is InChI=1S/C21H22ClFN2S.C6H12.C2H4O.C2H6.K/c1-6-17(15-7-8-19(23)14(4)9-15)18(22)11-21(24)25(5)16-10-20(13(2)3)26-12-16;1-2-4-6-5-3-1;1-2-3;1-2;/h6-13,24H,1,5H2,2-4H3;1-6H2;2-3H,1H2;1-2H3;/q-2;;;;+1/b18-17-,21-11+;;;;. The van der Waals surface area contributed by atoms with E-state index in [4.69, 9.17) is 22.4 Å². The van der Waals surface area contributed by atoms with Gasteiger partial charge in [-0.05, 0) is 59.2 Å². The van der Waals surface area contributed by atoms with Crippen LogP contribution in [0.15, 0.2) is 72.1 Å². The largest absolute Gasteiger partial charge is 1.00 e. The average molecular weight is 586 g/mol. The molecule has 1 aromatic heterocycles. The van der Waals surface area contributed by atoms with Gasteiger partial charge in [-0.2, -0.15) is 0 Å². The van der Waals surface area contributed by atoms with Crippen molar-refractivity contribution in [3.05, 3.63) is 107 Å². The SMILES string of the molecule is C1CCCCC1.C=C/C(=C(Cl)\C=C(/[NH-])N([CH2-])c1csc(C(C)C)c1)c1ccc(F)c(C)c1.C=CO.CC.[K+]. The van der Waals surface area contributed by atoms with E-state index in [2.05, 4.69) is 34.1 Å². The molecular weight excluding hydrogens is 542 g/mol. The summed E-state index contributed by atoms with van der Waals surface area (Å²) in [6.07, 6.45) is 12.9. The molecule has 3 nitrogen and oxygen atoms in total. The predicted octanol–water partition coefficient (Wildman–Crippen LogP) is 8.71. The van der Waals surface area contributed by atoms with E-state index in [9.17, 15) is 4.39 Å². The molecule has 0 radical (unpaired) electrons. The number of nitrogens with one attached hydrogen (secondary N) is 1. The average Bonchev–Trinajstić information content (AvgIpc) is 3.40. The summed E-state index contributed by atoms with van der Waals surface area (Å²) >= 11 is 8.07. The molecule has 0 saturated heterocycles. The summed E-state index contributed by atoms with van der Waals surface area (Å²) in [6, 6.07) is 6.78. The zero-order valence-corrected chi connectivity index (χ0v) is 28.8. The van der Waals surface area contributed by atoms with E-state index in [-0.39, 0.29) is 63.0 Å². The van der Waals surface area contributed by atoms with Crippen molar-refractivity contribution < 1.29 is 60.9 Å². The third-order valence-electron chi connectivity index (χ3n) is 5.47. The molecule has 0 spiro atoms. The van der Waals surface area contributed by atoms with Crippen LogP contribution in [-0.4, -0.2) is 5.11 Å². The van der Waals surface area contributed by atoms with E-state index < -0.39 is 0 Å².